The lowest BCUT2D eigenvalue weighted by molar-refractivity contribution is 0.0951. The predicted octanol–water partition coefficient (Wildman–Crippen LogP) is 3.28. The maximum Gasteiger partial charge on any atom is 0.256 e. The Morgan fingerprint density at radius 1 is 1.06 bits per heavy atom. The van der Waals surface area contributed by atoms with Crippen LogP contribution in [-0.4, -0.2) is 36.6 Å². The summed E-state index contributed by atoms with van der Waals surface area (Å²) in [5.74, 6) is -0.267. The fourth-order valence-electron chi connectivity index (χ4n) is 3.90. The molecule has 2 N–H and O–H groups in total. The highest BCUT2D eigenvalue weighted by atomic mass is 16.5. The minimum Gasteiger partial charge on any atom is -0.496 e. The van der Waals surface area contributed by atoms with Crippen molar-refractivity contribution >= 4 is 11.8 Å². The Labute approximate surface area is 188 Å². The first-order valence-corrected chi connectivity index (χ1v) is 11.1. The molecule has 3 rings (SSSR count). The SMILES string of the molecule is CCNC(=O)c1cn(Cc2ccccc2OC)cc(C(=O)NCCC2=CCCCC2)c1=O. The number of benzene rings is 1. The van der Waals surface area contributed by atoms with Gasteiger partial charge in [-0.15, -0.1) is 0 Å². The molecule has 7 heteroatoms. The van der Waals surface area contributed by atoms with Gasteiger partial charge >= 0.3 is 0 Å². The fourth-order valence-corrected chi connectivity index (χ4v) is 3.90. The lowest BCUT2D eigenvalue weighted by atomic mass is 9.97. The molecule has 2 aromatic rings. The van der Waals surface area contributed by atoms with Gasteiger partial charge in [-0.05, 0) is 45.1 Å². The van der Waals surface area contributed by atoms with Crippen molar-refractivity contribution in [3.63, 3.8) is 0 Å². The molecule has 0 fully saturated rings. The first-order chi connectivity index (χ1) is 15.5. The zero-order valence-electron chi connectivity index (χ0n) is 18.8. The largest absolute Gasteiger partial charge is 0.496 e. The quantitative estimate of drug-likeness (QED) is 0.589. The zero-order chi connectivity index (χ0) is 22.9. The fraction of sp³-hybridized carbons (Fsp3) is 0.400. The van der Waals surface area contributed by atoms with E-state index in [0.29, 0.717) is 25.4 Å². The smallest absolute Gasteiger partial charge is 0.256 e. The van der Waals surface area contributed by atoms with Crippen LogP contribution in [0.4, 0.5) is 0 Å². The van der Waals surface area contributed by atoms with Crippen LogP contribution in [0.15, 0.2) is 53.1 Å². The van der Waals surface area contributed by atoms with Crippen LogP contribution < -0.4 is 20.8 Å². The first-order valence-electron chi connectivity index (χ1n) is 11.1. The minimum atomic E-state index is -0.568. The average Bonchev–Trinajstić information content (AvgIpc) is 2.81. The van der Waals surface area contributed by atoms with Crippen LogP contribution in [0, 0.1) is 0 Å². The summed E-state index contributed by atoms with van der Waals surface area (Å²) < 4.78 is 7.09. The van der Waals surface area contributed by atoms with Gasteiger partial charge in [-0.1, -0.05) is 29.8 Å². The molecule has 2 amide bonds. The van der Waals surface area contributed by atoms with Crippen molar-refractivity contribution in [2.45, 2.75) is 45.6 Å². The lowest BCUT2D eigenvalue weighted by Gasteiger charge is -2.15. The maximum absolute atomic E-state index is 12.9. The van der Waals surface area contributed by atoms with Gasteiger partial charge in [0.05, 0.1) is 13.7 Å². The van der Waals surface area contributed by atoms with E-state index in [2.05, 4.69) is 16.7 Å². The van der Waals surface area contributed by atoms with Crippen LogP contribution >= 0.6 is 0 Å². The lowest BCUT2D eigenvalue weighted by Crippen LogP contribution is -2.35. The van der Waals surface area contributed by atoms with Gasteiger partial charge in [-0.2, -0.15) is 0 Å². The third-order valence-electron chi connectivity index (χ3n) is 5.57. The number of allylic oxidation sites excluding steroid dienone is 1. The molecule has 0 spiro atoms. The molecular formula is C25H31N3O4. The van der Waals surface area contributed by atoms with Gasteiger partial charge in [0.15, 0.2) is 0 Å². The van der Waals surface area contributed by atoms with E-state index in [1.54, 1.807) is 18.6 Å². The van der Waals surface area contributed by atoms with Gasteiger partial charge in [0.2, 0.25) is 5.43 Å². The number of nitrogens with one attached hydrogen (secondary N) is 2. The van der Waals surface area contributed by atoms with Crippen molar-refractivity contribution in [3.8, 4) is 5.75 Å². The molecule has 1 aliphatic rings. The molecule has 0 saturated heterocycles. The van der Waals surface area contributed by atoms with Crippen LogP contribution in [0.2, 0.25) is 0 Å². The van der Waals surface area contributed by atoms with Crippen LogP contribution in [0.25, 0.3) is 0 Å². The van der Waals surface area contributed by atoms with E-state index in [1.807, 2.05) is 24.3 Å². The van der Waals surface area contributed by atoms with Crippen molar-refractivity contribution in [3.05, 3.63) is 75.2 Å². The number of ether oxygens (including phenoxy) is 1. The molecule has 170 valence electrons. The number of carbonyl (C=O) groups excluding carboxylic acids is 2. The van der Waals surface area contributed by atoms with Crippen molar-refractivity contribution in [2.24, 2.45) is 0 Å². The van der Waals surface area contributed by atoms with Gasteiger partial charge in [-0.25, -0.2) is 0 Å². The van der Waals surface area contributed by atoms with Crippen LogP contribution in [0.1, 0.15) is 65.3 Å². The second kappa shape index (κ2) is 11.3. The van der Waals surface area contributed by atoms with Gasteiger partial charge in [0.25, 0.3) is 11.8 Å². The summed E-state index contributed by atoms with van der Waals surface area (Å²) in [6, 6.07) is 7.50. The van der Waals surface area contributed by atoms with Crippen LogP contribution in [0.3, 0.4) is 0 Å². The maximum atomic E-state index is 12.9. The number of methoxy groups -OCH3 is 1. The minimum absolute atomic E-state index is 0.0405. The summed E-state index contributed by atoms with van der Waals surface area (Å²) in [6.45, 7) is 2.98. The predicted molar refractivity (Wildman–Crippen MR) is 124 cm³/mol. The number of amides is 2. The molecule has 1 aromatic carbocycles. The second-order valence-electron chi connectivity index (χ2n) is 7.87. The normalized spacial score (nSPS) is 13.2. The monoisotopic (exact) mass is 437 g/mol. The standard InChI is InChI=1S/C25H31N3O4/c1-3-26-24(30)20-16-28(15-19-11-7-8-12-22(19)32-2)17-21(23(20)29)25(31)27-14-13-18-9-5-4-6-10-18/h7-9,11-12,16-17H,3-6,10,13-15H2,1-2H3,(H,26,30)(H,27,31). The molecule has 0 unspecified atom stereocenters. The number of para-hydroxylation sites is 1. The topological polar surface area (TPSA) is 89.4 Å². The van der Waals surface area contributed by atoms with Crippen molar-refractivity contribution in [2.75, 3.05) is 20.2 Å². The molecular weight excluding hydrogens is 406 g/mol. The second-order valence-corrected chi connectivity index (χ2v) is 7.87. The Balaban J connectivity index is 1.86. The Bertz CT molecular complexity index is 1060. The Hall–Kier alpha value is -3.35. The molecule has 1 aromatic heterocycles. The Kier molecular flexibility index (Phi) is 8.25. The van der Waals surface area contributed by atoms with Crippen molar-refractivity contribution in [1.29, 1.82) is 0 Å². The molecule has 0 atom stereocenters. The Morgan fingerprint density at radius 3 is 2.44 bits per heavy atom. The van der Waals surface area contributed by atoms with E-state index in [9.17, 15) is 14.4 Å². The number of rotatable bonds is 9. The molecule has 7 nitrogen and oxygen atoms in total. The van der Waals surface area contributed by atoms with E-state index in [1.165, 1.54) is 30.8 Å². The summed E-state index contributed by atoms with van der Waals surface area (Å²) in [4.78, 5) is 38.3. The molecule has 1 aliphatic carbocycles. The average molecular weight is 438 g/mol. The molecule has 32 heavy (non-hydrogen) atoms. The highest BCUT2D eigenvalue weighted by Gasteiger charge is 2.19. The van der Waals surface area contributed by atoms with Crippen molar-refractivity contribution in [1.82, 2.24) is 15.2 Å². The number of pyridine rings is 1. The van der Waals surface area contributed by atoms with Crippen molar-refractivity contribution < 1.29 is 14.3 Å². The van der Waals surface area contributed by atoms with E-state index in [4.69, 9.17) is 4.74 Å². The number of carbonyl (C=O) groups is 2. The number of hydrogen-bond acceptors (Lipinski definition) is 4. The summed E-state index contributed by atoms with van der Waals surface area (Å²) >= 11 is 0. The number of aromatic nitrogens is 1. The summed E-state index contributed by atoms with van der Waals surface area (Å²) in [6.07, 6.45) is 10.6. The van der Waals surface area contributed by atoms with Crippen LogP contribution in [-0.2, 0) is 6.54 Å². The highest BCUT2D eigenvalue weighted by molar-refractivity contribution is 5.99. The first kappa shape index (κ1) is 23.3. The van der Waals surface area contributed by atoms with E-state index in [0.717, 1.165) is 24.8 Å². The molecule has 0 aliphatic heterocycles. The summed E-state index contributed by atoms with van der Waals surface area (Å²) in [5.41, 5.74) is 1.56. The Morgan fingerprint density at radius 2 is 1.78 bits per heavy atom. The zero-order valence-corrected chi connectivity index (χ0v) is 18.8. The van der Waals surface area contributed by atoms with Gasteiger partial charge < -0.3 is 19.9 Å². The third-order valence-corrected chi connectivity index (χ3v) is 5.57. The van der Waals surface area contributed by atoms with E-state index in [-0.39, 0.29) is 11.1 Å². The summed E-state index contributed by atoms with van der Waals surface area (Å²) in [7, 11) is 1.59. The van der Waals surface area contributed by atoms with Crippen LogP contribution in [0.5, 0.6) is 5.75 Å². The van der Waals surface area contributed by atoms with E-state index >= 15 is 0 Å². The number of hydrogen-bond donors (Lipinski definition) is 2. The molecule has 0 radical (unpaired) electrons. The molecule has 0 saturated carbocycles. The molecule has 1 heterocycles. The van der Waals surface area contributed by atoms with Gasteiger partial charge in [0.1, 0.15) is 16.9 Å². The van der Waals surface area contributed by atoms with Gasteiger partial charge in [-0.3, -0.25) is 14.4 Å². The van der Waals surface area contributed by atoms with Gasteiger partial charge in [0, 0.05) is 31.0 Å². The highest BCUT2D eigenvalue weighted by Crippen LogP contribution is 2.20. The number of nitrogens with zero attached hydrogens (tertiary/aromatic N) is 1. The van der Waals surface area contributed by atoms with E-state index < -0.39 is 17.2 Å². The summed E-state index contributed by atoms with van der Waals surface area (Å²) in [5, 5.41) is 5.50. The molecule has 0 bridgehead atoms. The third kappa shape index (κ3) is 5.87.